The number of benzene rings is 3. The summed E-state index contributed by atoms with van der Waals surface area (Å²) in [5.41, 5.74) is 3.48. The third-order valence-electron chi connectivity index (χ3n) is 6.42. The summed E-state index contributed by atoms with van der Waals surface area (Å²) in [7, 11) is 1.62. The zero-order valence-corrected chi connectivity index (χ0v) is 19.6. The van der Waals surface area contributed by atoms with E-state index in [9.17, 15) is 4.79 Å². The Kier molecular flexibility index (Phi) is 7.30. The van der Waals surface area contributed by atoms with Gasteiger partial charge in [-0.25, -0.2) is 0 Å². The van der Waals surface area contributed by atoms with Gasteiger partial charge >= 0.3 is 0 Å². The van der Waals surface area contributed by atoms with Gasteiger partial charge in [-0.2, -0.15) is 0 Å². The van der Waals surface area contributed by atoms with Crippen LogP contribution in [0.4, 0.5) is 5.69 Å². The summed E-state index contributed by atoms with van der Waals surface area (Å²) in [6.07, 6.45) is 2.47. The second-order valence-electron chi connectivity index (χ2n) is 8.62. The largest absolute Gasteiger partial charge is 0.493 e. The van der Waals surface area contributed by atoms with Gasteiger partial charge in [-0.3, -0.25) is 9.69 Å². The number of carbonyl (C=O) groups is 1. The molecule has 3 aromatic carbocycles. The van der Waals surface area contributed by atoms with E-state index in [1.54, 1.807) is 7.11 Å². The monoisotopic (exact) mass is 444 g/mol. The molecule has 2 unspecified atom stereocenters. The molecule has 0 aliphatic carbocycles. The smallest absolute Gasteiger partial charge is 0.255 e. The van der Waals surface area contributed by atoms with Crippen LogP contribution in [0.15, 0.2) is 72.8 Å². The maximum atomic E-state index is 12.8. The molecular formula is C28H32N2O3. The predicted molar refractivity (Wildman–Crippen MR) is 133 cm³/mol. The Morgan fingerprint density at radius 1 is 0.909 bits per heavy atom. The quantitative estimate of drug-likeness (QED) is 0.472. The van der Waals surface area contributed by atoms with Gasteiger partial charge in [0.05, 0.1) is 7.11 Å². The SMILES string of the molecule is COc1ccc(NC(=O)c2ccc(-c3ccccc3)cc2)cc1OCCN1C(C)CCC1C. The van der Waals surface area contributed by atoms with Crippen molar-refractivity contribution in [1.82, 2.24) is 4.90 Å². The standard InChI is InChI=1S/C28H32N2O3/c1-20-9-10-21(2)30(20)17-18-33-27-19-25(15-16-26(27)32-3)29-28(31)24-13-11-23(12-14-24)22-7-5-4-6-8-22/h4-8,11-16,19-21H,9-10,17-18H2,1-3H3,(H,29,31). The molecule has 1 N–H and O–H groups in total. The Balaban J connectivity index is 1.40. The molecule has 0 saturated carbocycles. The highest BCUT2D eigenvalue weighted by atomic mass is 16.5. The van der Waals surface area contributed by atoms with Crippen LogP contribution in [-0.2, 0) is 0 Å². The summed E-state index contributed by atoms with van der Waals surface area (Å²) in [5, 5.41) is 2.97. The van der Waals surface area contributed by atoms with Crippen molar-refractivity contribution in [3.63, 3.8) is 0 Å². The molecule has 3 aromatic rings. The third-order valence-corrected chi connectivity index (χ3v) is 6.42. The van der Waals surface area contributed by atoms with E-state index in [0.29, 0.717) is 41.4 Å². The summed E-state index contributed by atoms with van der Waals surface area (Å²) >= 11 is 0. The number of nitrogens with one attached hydrogen (secondary N) is 1. The number of anilines is 1. The van der Waals surface area contributed by atoms with Crippen LogP contribution < -0.4 is 14.8 Å². The molecular weight excluding hydrogens is 412 g/mol. The van der Waals surface area contributed by atoms with E-state index in [4.69, 9.17) is 9.47 Å². The lowest BCUT2D eigenvalue weighted by Gasteiger charge is -2.26. The second-order valence-corrected chi connectivity index (χ2v) is 8.62. The maximum Gasteiger partial charge on any atom is 0.255 e. The zero-order valence-electron chi connectivity index (χ0n) is 19.6. The molecule has 1 amide bonds. The number of rotatable bonds is 8. The first-order valence-electron chi connectivity index (χ1n) is 11.6. The van der Waals surface area contributed by atoms with Gasteiger partial charge in [0.25, 0.3) is 5.91 Å². The van der Waals surface area contributed by atoms with E-state index in [-0.39, 0.29) is 5.91 Å². The Labute approximate surface area is 196 Å². The Morgan fingerprint density at radius 2 is 1.58 bits per heavy atom. The van der Waals surface area contributed by atoms with E-state index in [1.165, 1.54) is 12.8 Å². The Morgan fingerprint density at radius 3 is 2.24 bits per heavy atom. The molecule has 0 bridgehead atoms. The highest BCUT2D eigenvalue weighted by Gasteiger charge is 2.26. The summed E-state index contributed by atoms with van der Waals surface area (Å²) in [5.74, 6) is 1.13. The van der Waals surface area contributed by atoms with Crippen LogP contribution in [0.3, 0.4) is 0 Å². The van der Waals surface area contributed by atoms with E-state index < -0.39 is 0 Å². The topological polar surface area (TPSA) is 50.8 Å². The fourth-order valence-electron chi connectivity index (χ4n) is 4.47. The molecule has 5 nitrogen and oxygen atoms in total. The lowest BCUT2D eigenvalue weighted by molar-refractivity contribution is 0.102. The highest BCUT2D eigenvalue weighted by molar-refractivity contribution is 6.04. The molecule has 1 fully saturated rings. The Hall–Kier alpha value is -3.31. The van der Waals surface area contributed by atoms with Crippen molar-refractivity contribution in [3.05, 3.63) is 78.4 Å². The van der Waals surface area contributed by atoms with Gasteiger partial charge < -0.3 is 14.8 Å². The molecule has 2 atom stereocenters. The summed E-state index contributed by atoms with van der Waals surface area (Å²) in [6, 6.07) is 24.4. The van der Waals surface area contributed by atoms with E-state index in [2.05, 4.69) is 36.2 Å². The third kappa shape index (κ3) is 5.55. The molecule has 172 valence electrons. The first-order valence-corrected chi connectivity index (χ1v) is 11.6. The zero-order chi connectivity index (χ0) is 23.2. The summed E-state index contributed by atoms with van der Waals surface area (Å²) < 4.78 is 11.5. The first kappa shape index (κ1) is 22.9. The lowest BCUT2D eigenvalue weighted by atomic mass is 10.0. The number of ether oxygens (including phenoxy) is 2. The number of amides is 1. The van der Waals surface area contributed by atoms with Gasteiger partial charge in [0.15, 0.2) is 11.5 Å². The van der Waals surface area contributed by atoms with Crippen LogP contribution >= 0.6 is 0 Å². The molecule has 33 heavy (non-hydrogen) atoms. The first-order chi connectivity index (χ1) is 16.0. The van der Waals surface area contributed by atoms with Crippen molar-refractivity contribution >= 4 is 11.6 Å². The fourth-order valence-corrected chi connectivity index (χ4v) is 4.47. The van der Waals surface area contributed by atoms with Gasteiger partial charge in [-0.15, -0.1) is 0 Å². The van der Waals surface area contributed by atoms with Gasteiger partial charge in [-0.1, -0.05) is 42.5 Å². The number of methoxy groups -OCH3 is 1. The van der Waals surface area contributed by atoms with Crippen molar-refractivity contribution in [1.29, 1.82) is 0 Å². The molecule has 0 aromatic heterocycles. The normalized spacial score (nSPS) is 18.2. The molecule has 5 heteroatoms. The molecule has 0 spiro atoms. The number of hydrogen-bond donors (Lipinski definition) is 1. The van der Waals surface area contributed by atoms with Gasteiger partial charge in [0, 0.05) is 35.9 Å². The summed E-state index contributed by atoms with van der Waals surface area (Å²) in [4.78, 5) is 15.3. The molecule has 0 radical (unpaired) electrons. The number of hydrogen-bond acceptors (Lipinski definition) is 4. The minimum Gasteiger partial charge on any atom is -0.493 e. The van der Waals surface area contributed by atoms with Crippen molar-refractivity contribution in [2.75, 3.05) is 25.6 Å². The number of carbonyl (C=O) groups excluding carboxylic acids is 1. The van der Waals surface area contributed by atoms with E-state index in [1.807, 2.05) is 60.7 Å². The number of likely N-dealkylation sites (tertiary alicyclic amines) is 1. The van der Waals surface area contributed by atoms with Crippen molar-refractivity contribution < 1.29 is 14.3 Å². The average molecular weight is 445 g/mol. The minimum atomic E-state index is -0.162. The molecule has 1 saturated heterocycles. The van der Waals surface area contributed by atoms with Gasteiger partial charge in [0.2, 0.25) is 0 Å². The van der Waals surface area contributed by atoms with Crippen LogP contribution in [0.5, 0.6) is 11.5 Å². The molecule has 1 aliphatic rings. The average Bonchev–Trinajstić information content (AvgIpc) is 3.17. The molecule has 1 aliphatic heterocycles. The van der Waals surface area contributed by atoms with Crippen molar-refractivity contribution in [2.45, 2.75) is 38.8 Å². The number of nitrogens with zero attached hydrogens (tertiary/aromatic N) is 1. The Bertz CT molecular complexity index is 1060. The summed E-state index contributed by atoms with van der Waals surface area (Å²) in [6.45, 7) is 5.98. The highest BCUT2D eigenvalue weighted by Crippen LogP contribution is 2.31. The van der Waals surface area contributed by atoms with Crippen LogP contribution in [0, 0.1) is 0 Å². The van der Waals surface area contributed by atoms with Gasteiger partial charge in [0.1, 0.15) is 6.61 Å². The van der Waals surface area contributed by atoms with Crippen molar-refractivity contribution in [2.24, 2.45) is 0 Å². The lowest BCUT2D eigenvalue weighted by Crippen LogP contribution is -2.36. The van der Waals surface area contributed by atoms with E-state index in [0.717, 1.165) is 17.7 Å². The van der Waals surface area contributed by atoms with Crippen LogP contribution in [0.1, 0.15) is 37.0 Å². The second kappa shape index (κ2) is 10.5. The maximum absolute atomic E-state index is 12.8. The molecule has 4 rings (SSSR count). The van der Waals surface area contributed by atoms with Crippen LogP contribution in [-0.4, -0.2) is 43.2 Å². The van der Waals surface area contributed by atoms with Crippen LogP contribution in [0.25, 0.3) is 11.1 Å². The molecule has 1 heterocycles. The van der Waals surface area contributed by atoms with Crippen molar-refractivity contribution in [3.8, 4) is 22.6 Å². The fraction of sp³-hybridized carbons (Fsp3) is 0.321. The van der Waals surface area contributed by atoms with Gasteiger partial charge in [-0.05, 0) is 62.1 Å². The van der Waals surface area contributed by atoms with Crippen LogP contribution in [0.2, 0.25) is 0 Å². The van der Waals surface area contributed by atoms with E-state index >= 15 is 0 Å². The predicted octanol–water partition coefficient (Wildman–Crippen LogP) is 5.87. The minimum absolute atomic E-state index is 0.162.